The van der Waals surface area contributed by atoms with Crippen LogP contribution in [0.3, 0.4) is 0 Å². The molecule has 1 heterocycles. The summed E-state index contributed by atoms with van der Waals surface area (Å²) in [5.41, 5.74) is 7.29. The molecule has 0 radical (unpaired) electrons. The average Bonchev–Trinajstić information content (AvgIpc) is 2.54. The van der Waals surface area contributed by atoms with Crippen LogP contribution in [0, 0.1) is 5.82 Å². The second-order valence-corrected chi connectivity index (χ2v) is 3.13. The van der Waals surface area contributed by atoms with Gasteiger partial charge in [-0.1, -0.05) is 0 Å². The van der Waals surface area contributed by atoms with E-state index in [1.165, 1.54) is 12.1 Å². The van der Waals surface area contributed by atoms with Gasteiger partial charge < -0.3 is 5.73 Å². The molecule has 0 saturated carbocycles. The van der Waals surface area contributed by atoms with Gasteiger partial charge in [-0.15, -0.1) is 0 Å². The van der Waals surface area contributed by atoms with E-state index in [-0.39, 0.29) is 5.82 Å². The van der Waals surface area contributed by atoms with E-state index in [0.29, 0.717) is 6.54 Å². The molecule has 0 aliphatic rings. The zero-order valence-electron chi connectivity index (χ0n) is 8.00. The lowest BCUT2D eigenvalue weighted by Gasteiger charge is -2.00. The minimum atomic E-state index is -0.247. The molecule has 2 rings (SSSR count). The maximum atomic E-state index is 13.0. The van der Waals surface area contributed by atoms with Crippen LogP contribution in [-0.2, 0) is 13.1 Å². The summed E-state index contributed by atoms with van der Waals surface area (Å²) in [6, 6.07) is 4.57. The van der Waals surface area contributed by atoms with Gasteiger partial charge in [-0.2, -0.15) is 5.10 Å². The summed E-state index contributed by atoms with van der Waals surface area (Å²) < 4.78 is 14.8. The number of rotatable bonds is 2. The maximum Gasteiger partial charge on any atom is 0.124 e. The van der Waals surface area contributed by atoms with E-state index < -0.39 is 0 Å². The van der Waals surface area contributed by atoms with Crippen molar-refractivity contribution in [2.24, 2.45) is 5.73 Å². The molecule has 0 fully saturated rings. The van der Waals surface area contributed by atoms with E-state index in [9.17, 15) is 4.39 Å². The number of nitrogens with zero attached hydrogens (tertiary/aromatic N) is 2. The van der Waals surface area contributed by atoms with Gasteiger partial charge >= 0.3 is 0 Å². The summed E-state index contributed by atoms with van der Waals surface area (Å²) in [5, 5.41) is 5.13. The van der Waals surface area contributed by atoms with E-state index in [4.69, 9.17) is 5.73 Å². The Labute approximate surface area is 81.3 Å². The van der Waals surface area contributed by atoms with Crippen molar-refractivity contribution in [1.29, 1.82) is 0 Å². The smallest absolute Gasteiger partial charge is 0.124 e. The van der Waals surface area contributed by atoms with Crippen molar-refractivity contribution >= 4 is 10.9 Å². The Morgan fingerprint density at radius 3 is 2.93 bits per heavy atom. The first kappa shape index (κ1) is 9.15. The molecule has 4 heteroatoms. The number of nitrogens with two attached hydrogens (primary N) is 1. The summed E-state index contributed by atoms with van der Waals surface area (Å²) in [6.07, 6.45) is 0. The van der Waals surface area contributed by atoms with Crippen molar-refractivity contribution in [3.05, 3.63) is 29.7 Å². The lowest BCUT2D eigenvalue weighted by Crippen LogP contribution is -2.07. The van der Waals surface area contributed by atoms with Crippen molar-refractivity contribution in [2.75, 3.05) is 0 Å². The zero-order chi connectivity index (χ0) is 10.1. The van der Waals surface area contributed by atoms with Crippen LogP contribution < -0.4 is 5.73 Å². The van der Waals surface area contributed by atoms with Crippen molar-refractivity contribution in [3.8, 4) is 0 Å². The van der Waals surface area contributed by atoms with E-state index in [2.05, 4.69) is 5.10 Å². The molecule has 0 unspecified atom stereocenters. The molecule has 74 valence electrons. The first-order valence-electron chi connectivity index (χ1n) is 4.61. The number of hydrogen-bond donors (Lipinski definition) is 1. The number of hydrogen-bond acceptors (Lipinski definition) is 2. The normalized spacial score (nSPS) is 11.1. The van der Waals surface area contributed by atoms with E-state index >= 15 is 0 Å². The predicted molar refractivity (Wildman–Crippen MR) is 53.3 cm³/mol. The fourth-order valence-corrected chi connectivity index (χ4v) is 1.63. The molecule has 2 N–H and O–H groups in total. The molecule has 2 aromatic rings. The van der Waals surface area contributed by atoms with E-state index in [1.54, 1.807) is 6.07 Å². The Balaban J connectivity index is 2.74. The third-order valence-electron chi connectivity index (χ3n) is 2.30. The van der Waals surface area contributed by atoms with Crippen LogP contribution in [0.5, 0.6) is 0 Å². The number of halogens is 1. The number of benzene rings is 1. The summed E-state index contributed by atoms with van der Waals surface area (Å²) in [5.74, 6) is -0.247. The SMILES string of the molecule is CCn1nc2ccc(F)cc2c1CN. The van der Waals surface area contributed by atoms with Gasteiger partial charge in [-0.3, -0.25) is 4.68 Å². The van der Waals surface area contributed by atoms with Crippen LogP contribution in [0.4, 0.5) is 4.39 Å². The highest BCUT2D eigenvalue weighted by Crippen LogP contribution is 2.19. The first-order valence-corrected chi connectivity index (χ1v) is 4.61. The Bertz CT molecular complexity index is 462. The van der Waals surface area contributed by atoms with Crippen LogP contribution in [-0.4, -0.2) is 9.78 Å². The standard InChI is InChI=1S/C10H12FN3/c1-2-14-10(6-12)8-5-7(11)3-4-9(8)13-14/h3-5H,2,6,12H2,1H3. The summed E-state index contributed by atoms with van der Waals surface area (Å²) in [7, 11) is 0. The summed E-state index contributed by atoms with van der Waals surface area (Å²) >= 11 is 0. The highest BCUT2D eigenvalue weighted by molar-refractivity contribution is 5.81. The molecule has 3 nitrogen and oxygen atoms in total. The Morgan fingerprint density at radius 1 is 1.50 bits per heavy atom. The lowest BCUT2D eigenvalue weighted by molar-refractivity contribution is 0.628. The molecular weight excluding hydrogens is 181 g/mol. The van der Waals surface area contributed by atoms with Gasteiger partial charge in [0.05, 0.1) is 11.2 Å². The molecule has 0 amide bonds. The Hall–Kier alpha value is -1.42. The molecule has 0 aliphatic carbocycles. The topological polar surface area (TPSA) is 43.8 Å². The lowest BCUT2D eigenvalue weighted by atomic mass is 10.2. The highest BCUT2D eigenvalue weighted by atomic mass is 19.1. The van der Waals surface area contributed by atoms with Crippen LogP contribution >= 0.6 is 0 Å². The molecule has 0 atom stereocenters. The van der Waals surface area contributed by atoms with E-state index in [0.717, 1.165) is 23.1 Å². The molecule has 14 heavy (non-hydrogen) atoms. The molecule has 1 aromatic carbocycles. The fraction of sp³-hybridized carbons (Fsp3) is 0.300. The molecule has 1 aromatic heterocycles. The van der Waals surface area contributed by atoms with Gasteiger partial charge in [0.2, 0.25) is 0 Å². The first-order chi connectivity index (χ1) is 6.76. The van der Waals surface area contributed by atoms with Crippen molar-refractivity contribution in [2.45, 2.75) is 20.0 Å². The number of fused-ring (bicyclic) bond motifs is 1. The van der Waals surface area contributed by atoms with Gasteiger partial charge in [0.1, 0.15) is 5.82 Å². The maximum absolute atomic E-state index is 13.0. The van der Waals surface area contributed by atoms with Crippen LogP contribution in [0.15, 0.2) is 18.2 Å². The highest BCUT2D eigenvalue weighted by Gasteiger charge is 2.08. The van der Waals surface area contributed by atoms with Gasteiger partial charge in [-0.05, 0) is 25.1 Å². The minimum Gasteiger partial charge on any atom is -0.325 e. The van der Waals surface area contributed by atoms with Crippen LogP contribution in [0.1, 0.15) is 12.6 Å². The fourth-order valence-electron chi connectivity index (χ4n) is 1.63. The van der Waals surface area contributed by atoms with Crippen LogP contribution in [0.2, 0.25) is 0 Å². The quantitative estimate of drug-likeness (QED) is 0.788. The third-order valence-corrected chi connectivity index (χ3v) is 2.30. The predicted octanol–water partition coefficient (Wildman–Crippen LogP) is 1.65. The Kier molecular flexibility index (Phi) is 2.21. The molecule has 0 aliphatic heterocycles. The molecule has 0 spiro atoms. The van der Waals surface area contributed by atoms with Crippen LogP contribution in [0.25, 0.3) is 10.9 Å². The van der Waals surface area contributed by atoms with Gasteiger partial charge in [0.25, 0.3) is 0 Å². The van der Waals surface area contributed by atoms with Crippen molar-refractivity contribution < 1.29 is 4.39 Å². The monoisotopic (exact) mass is 193 g/mol. The summed E-state index contributed by atoms with van der Waals surface area (Å²) in [6.45, 7) is 3.12. The van der Waals surface area contributed by atoms with E-state index in [1.807, 2.05) is 11.6 Å². The molecular formula is C10H12FN3. The summed E-state index contributed by atoms with van der Waals surface area (Å²) in [4.78, 5) is 0. The van der Waals surface area contributed by atoms with Crippen molar-refractivity contribution in [1.82, 2.24) is 9.78 Å². The number of aryl methyl sites for hydroxylation is 1. The van der Waals surface area contributed by atoms with Gasteiger partial charge in [-0.25, -0.2) is 4.39 Å². The number of aromatic nitrogens is 2. The van der Waals surface area contributed by atoms with Gasteiger partial charge in [0.15, 0.2) is 0 Å². The molecule has 0 bridgehead atoms. The molecule has 0 saturated heterocycles. The Morgan fingerprint density at radius 2 is 2.29 bits per heavy atom. The third kappa shape index (κ3) is 1.28. The van der Waals surface area contributed by atoms with Gasteiger partial charge in [0, 0.05) is 18.5 Å². The second-order valence-electron chi connectivity index (χ2n) is 3.13. The average molecular weight is 193 g/mol. The minimum absolute atomic E-state index is 0.247. The van der Waals surface area contributed by atoms with Crippen molar-refractivity contribution in [3.63, 3.8) is 0 Å². The zero-order valence-corrected chi connectivity index (χ0v) is 8.00. The second kappa shape index (κ2) is 3.38. The largest absolute Gasteiger partial charge is 0.325 e.